The number of primary amides is 1. The number of carbonyl (C=O) groups excluding carboxylic acids is 3. The normalized spacial score (nSPS) is 23.1. The molecule has 2 aliphatic heterocycles. The number of aromatic amines is 1. The number of nitrogens with one attached hydrogen (secondary N) is 2. The van der Waals surface area contributed by atoms with E-state index < -0.39 is 18.5 Å². The van der Waals surface area contributed by atoms with Crippen molar-refractivity contribution in [2.24, 2.45) is 17.6 Å². The molecule has 1 saturated heterocycles. The number of carbonyl (C=O) groups is 3. The van der Waals surface area contributed by atoms with Crippen LogP contribution in [0, 0.1) is 11.8 Å². The van der Waals surface area contributed by atoms with Gasteiger partial charge >= 0.3 is 6.18 Å². The van der Waals surface area contributed by atoms with Gasteiger partial charge in [-0.15, -0.1) is 0 Å². The molecule has 4 aliphatic rings. The molecular weight excluding hydrogens is 475 g/mol. The minimum atomic E-state index is -4.50. The molecule has 192 valence electrons. The Balaban J connectivity index is 0.000000391. The third kappa shape index (κ3) is 5.39. The molecule has 2 bridgehead atoms. The van der Waals surface area contributed by atoms with Gasteiger partial charge in [0, 0.05) is 29.5 Å². The van der Waals surface area contributed by atoms with Crippen molar-refractivity contribution in [2.75, 3.05) is 5.32 Å². The molecule has 2 aromatic heterocycles. The quantitative estimate of drug-likeness (QED) is 0.573. The van der Waals surface area contributed by atoms with Crippen molar-refractivity contribution in [2.45, 2.75) is 69.6 Å². The zero-order valence-corrected chi connectivity index (χ0v) is 19.6. The summed E-state index contributed by atoms with van der Waals surface area (Å²) in [6.07, 6.45) is 3.40. The van der Waals surface area contributed by atoms with Gasteiger partial charge in [0.25, 0.3) is 0 Å². The van der Waals surface area contributed by atoms with Crippen LogP contribution in [0.3, 0.4) is 0 Å². The van der Waals surface area contributed by atoms with E-state index in [4.69, 9.17) is 5.73 Å². The number of alkyl halides is 3. The van der Waals surface area contributed by atoms with E-state index in [-0.39, 0.29) is 35.7 Å². The van der Waals surface area contributed by atoms with E-state index in [2.05, 4.69) is 15.3 Å². The van der Waals surface area contributed by atoms with Crippen LogP contribution in [0.15, 0.2) is 24.4 Å². The molecule has 2 aliphatic carbocycles. The average Bonchev–Trinajstić information content (AvgIpc) is 3.72. The predicted octanol–water partition coefficient (Wildman–Crippen LogP) is 3.89. The van der Waals surface area contributed by atoms with E-state index in [9.17, 15) is 27.6 Å². The molecule has 4 heterocycles. The predicted molar refractivity (Wildman–Crippen MR) is 126 cm³/mol. The summed E-state index contributed by atoms with van der Waals surface area (Å²) in [5.41, 5.74) is 7.37. The Bertz CT molecular complexity index is 1230. The Morgan fingerprint density at radius 1 is 1.11 bits per heavy atom. The second-order valence-corrected chi connectivity index (χ2v) is 10.0. The summed E-state index contributed by atoms with van der Waals surface area (Å²) in [6.45, 7) is 0. The van der Waals surface area contributed by atoms with Gasteiger partial charge in [-0.2, -0.15) is 13.2 Å². The zero-order valence-electron chi connectivity index (χ0n) is 19.6. The van der Waals surface area contributed by atoms with E-state index in [1.807, 2.05) is 18.2 Å². The Kier molecular flexibility index (Phi) is 6.25. The number of nitrogens with two attached hydrogens (primary N) is 1. The minimum Gasteiger partial charge on any atom is -0.369 e. The Morgan fingerprint density at radius 3 is 2.42 bits per heavy atom. The van der Waals surface area contributed by atoms with E-state index >= 15 is 0 Å². The van der Waals surface area contributed by atoms with E-state index in [0.717, 1.165) is 42.2 Å². The summed E-state index contributed by atoms with van der Waals surface area (Å²) in [7, 11) is 0. The molecule has 2 unspecified atom stereocenters. The van der Waals surface area contributed by atoms with E-state index in [1.54, 1.807) is 6.20 Å². The minimum absolute atomic E-state index is 0.0408. The molecule has 6 rings (SSSR count). The highest BCUT2D eigenvalue weighted by atomic mass is 19.4. The van der Waals surface area contributed by atoms with Crippen LogP contribution < -0.4 is 11.1 Å². The molecule has 2 saturated carbocycles. The fraction of sp³-hybridized carbons (Fsp3) is 0.520. The Hall–Kier alpha value is -3.37. The van der Waals surface area contributed by atoms with Crippen LogP contribution in [0.1, 0.15) is 56.9 Å². The van der Waals surface area contributed by atoms with Crippen LogP contribution in [-0.4, -0.2) is 50.8 Å². The van der Waals surface area contributed by atoms with E-state index in [0.29, 0.717) is 30.7 Å². The summed E-state index contributed by atoms with van der Waals surface area (Å²) in [5, 5.41) is 3.76. The molecule has 4 N–H and O–H groups in total. The maximum atomic E-state index is 12.7. The van der Waals surface area contributed by atoms with Crippen LogP contribution in [0.25, 0.3) is 16.6 Å². The van der Waals surface area contributed by atoms with Crippen molar-refractivity contribution in [1.82, 2.24) is 14.9 Å². The Morgan fingerprint density at radius 2 is 1.83 bits per heavy atom. The maximum Gasteiger partial charge on any atom is 0.397 e. The molecule has 2 atom stereocenters. The van der Waals surface area contributed by atoms with Gasteiger partial charge in [-0.25, -0.2) is 4.98 Å². The highest BCUT2D eigenvalue weighted by molar-refractivity contribution is 5.97. The van der Waals surface area contributed by atoms with Gasteiger partial charge in [-0.05, 0) is 68.2 Å². The summed E-state index contributed by atoms with van der Waals surface area (Å²) in [5.74, 6) is -0.279. The van der Waals surface area contributed by atoms with Crippen LogP contribution >= 0.6 is 0 Å². The third-order valence-corrected chi connectivity index (χ3v) is 7.09. The number of amides is 3. The lowest BCUT2D eigenvalue weighted by molar-refractivity contribution is -0.163. The van der Waals surface area contributed by atoms with Gasteiger partial charge in [-0.3, -0.25) is 14.4 Å². The number of H-pyrrole nitrogens is 1. The fourth-order valence-corrected chi connectivity index (χ4v) is 4.99. The number of halogens is 3. The molecule has 36 heavy (non-hydrogen) atoms. The number of hydrogen-bond acceptors (Lipinski definition) is 4. The highest BCUT2D eigenvalue weighted by Crippen LogP contribution is 2.42. The Labute approximate surface area is 205 Å². The van der Waals surface area contributed by atoms with Gasteiger partial charge in [0.05, 0.1) is 6.04 Å². The second kappa shape index (κ2) is 9.25. The second-order valence-electron chi connectivity index (χ2n) is 10.0. The summed E-state index contributed by atoms with van der Waals surface area (Å²) in [6, 6.07) is 3.15. The van der Waals surface area contributed by atoms with Crippen molar-refractivity contribution < 1.29 is 27.6 Å². The summed E-state index contributed by atoms with van der Waals surface area (Å²) >= 11 is 0. The van der Waals surface area contributed by atoms with Crippen molar-refractivity contribution in [3.05, 3.63) is 30.0 Å². The molecular formula is C25H28F3N5O3. The number of hydrogen-bond donors (Lipinski definition) is 3. The van der Waals surface area contributed by atoms with Crippen molar-refractivity contribution in [1.29, 1.82) is 0 Å². The lowest BCUT2D eigenvalue weighted by Crippen LogP contribution is -2.44. The summed E-state index contributed by atoms with van der Waals surface area (Å²) in [4.78, 5) is 43.4. The first-order chi connectivity index (χ1) is 17.1. The van der Waals surface area contributed by atoms with Gasteiger partial charge in [0.2, 0.25) is 17.7 Å². The fourth-order valence-electron chi connectivity index (χ4n) is 4.99. The molecule has 3 fully saturated rings. The van der Waals surface area contributed by atoms with Gasteiger partial charge < -0.3 is 20.9 Å². The van der Waals surface area contributed by atoms with Crippen molar-refractivity contribution in [3.63, 3.8) is 0 Å². The SMILES string of the molecule is NC(=O)C1CC1.O=C(Nc1cc(C2=CC3CCC(C2)N3C(=O)CC(F)(F)F)c2cc[nH]c2n1)C1CC1. The number of rotatable bonds is 5. The zero-order chi connectivity index (χ0) is 25.6. The van der Waals surface area contributed by atoms with Crippen LogP contribution in [0.5, 0.6) is 0 Å². The monoisotopic (exact) mass is 503 g/mol. The van der Waals surface area contributed by atoms with Gasteiger partial charge in [-0.1, -0.05) is 6.08 Å². The molecule has 8 nitrogen and oxygen atoms in total. The molecule has 0 aromatic carbocycles. The van der Waals surface area contributed by atoms with Crippen LogP contribution in [-0.2, 0) is 14.4 Å². The number of anilines is 1. The largest absolute Gasteiger partial charge is 0.397 e. The molecule has 0 radical (unpaired) electrons. The topological polar surface area (TPSA) is 121 Å². The van der Waals surface area contributed by atoms with Crippen LogP contribution in [0.4, 0.5) is 19.0 Å². The number of pyridine rings is 1. The van der Waals surface area contributed by atoms with Gasteiger partial charge in [0.1, 0.15) is 17.9 Å². The molecule has 11 heteroatoms. The first-order valence-electron chi connectivity index (χ1n) is 12.3. The average molecular weight is 504 g/mol. The van der Waals surface area contributed by atoms with Crippen molar-refractivity contribution in [3.8, 4) is 0 Å². The number of aromatic nitrogens is 2. The molecule has 2 aromatic rings. The van der Waals surface area contributed by atoms with Gasteiger partial charge in [0.15, 0.2) is 0 Å². The number of nitrogens with zero attached hydrogens (tertiary/aromatic N) is 2. The lowest BCUT2D eigenvalue weighted by Gasteiger charge is -2.34. The third-order valence-electron chi connectivity index (χ3n) is 7.09. The van der Waals surface area contributed by atoms with Crippen molar-refractivity contribution >= 4 is 40.1 Å². The number of fused-ring (bicyclic) bond motifs is 3. The lowest BCUT2D eigenvalue weighted by atomic mass is 9.93. The molecule has 0 spiro atoms. The highest BCUT2D eigenvalue weighted by Gasteiger charge is 2.43. The first-order valence-corrected chi connectivity index (χ1v) is 12.3. The maximum absolute atomic E-state index is 12.7. The standard InChI is InChI=1S/C21H21F3N4O2.C4H7NO/c22-21(23,24)10-18(29)28-13-3-4-14(28)8-12(7-13)16-9-17(27-20(30)11-1-2-11)26-19-15(16)5-6-25-19;5-4(6)3-1-2-3/h5-7,9,11,13-14H,1-4,8,10H2,(H2,25,26,27,30);3H,1-2H2,(H2,5,6). The smallest absolute Gasteiger partial charge is 0.369 e. The first kappa shape index (κ1) is 24.3. The summed E-state index contributed by atoms with van der Waals surface area (Å²) < 4.78 is 38.2. The molecule has 3 amide bonds. The van der Waals surface area contributed by atoms with E-state index in [1.165, 1.54) is 4.90 Å². The van der Waals surface area contributed by atoms with Crippen LogP contribution in [0.2, 0.25) is 0 Å².